The van der Waals surface area contributed by atoms with Crippen LogP contribution < -0.4 is 18.9 Å². The Kier molecular flexibility index (Phi) is 6.38. The Morgan fingerprint density at radius 1 is 0.778 bits per heavy atom. The molecule has 184 valence electrons. The van der Waals surface area contributed by atoms with E-state index in [1.807, 2.05) is 65.6 Å². The third kappa shape index (κ3) is 4.17. The highest BCUT2D eigenvalue weighted by Crippen LogP contribution is 2.35. The van der Waals surface area contributed by atoms with Crippen molar-refractivity contribution in [1.82, 2.24) is 9.88 Å². The summed E-state index contributed by atoms with van der Waals surface area (Å²) in [6.45, 7) is 1.11. The number of pyridine rings is 1. The van der Waals surface area contributed by atoms with Crippen molar-refractivity contribution in [3.63, 3.8) is 0 Å². The van der Waals surface area contributed by atoms with Crippen LogP contribution in [0.4, 0.5) is 0 Å². The summed E-state index contributed by atoms with van der Waals surface area (Å²) in [5.41, 5.74) is 5.15. The number of ether oxygens (including phenoxy) is 4. The third-order valence-electron chi connectivity index (χ3n) is 6.63. The van der Waals surface area contributed by atoms with Gasteiger partial charge in [0.2, 0.25) is 0 Å². The first kappa shape index (κ1) is 23.5. The zero-order valence-corrected chi connectivity index (χ0v) is 20.8. The summed E-state index contributed by atoms with van der Waals surface area (Å²) in [5.74, 6) is 2.58. The number of methoxy groups -OCH3 is 4. The van der Waals surface area contributed by atoms with E-state index in [1.54, 1.807) is 28.4 Å². The maximum atomic E-state index is 13.9. The molecule has 0 spiro atoms. The van der Waals surface area contributed by atoms with Crippen molar-refractivity contribution in [2.75, 3.05) is 35.0 Å². The number of carbonyl (C=O) groups is 1. The quantitative estimate of drug-likeness (QED) is 0.378. The first-order valence-electron chi connectivity index (χ1n) is 11.7. The molecule has 0 atom stereocenters. The summed E-state index contributed by atoms with van der Waals surface area (Å²) in [4.78, 5) is 20.6. The van der Waals surface area contributed by atoms with Crippen molar-refractivity contribution >= 4 is 16.8 Å². The van der Waals surface area contributed by atoms with Crippen LogP contribution in [-0.4, -0.2) is 50.8 Å². The Morgan fingerprint density at radius 3 is 2.17 bits per heavy atom. The number of para-hydroxylation sites is 1. The van der Waals surface area contributed by atoms with Gasteiger partial charge in [-0.2, -0.15) is 0 Å². The van der Waals surface area contributed by atoms with Gasteiger partial charge in [0.1, 0.15) is 0 Å². The van der Waals surface area contributed by atoms with Crippen LogP contribution in [0.25, 0.3) is 22.2 Å². The van der Waals surface area contributed by atoms with Crippen LogP contribution in [0.1, 0.15) is 21.5 Å². The maximum Gasteiger partial charge on any atom is 0.254 e. The summed E-state index contributed by atoms with van der Waals surface area (Å²) in [6, 6.07) is 19.2. The van der Waals surface area contributed by atoms with E-state index >= 15 is 0 Å². The number of nitrogens with zero attached hydrogens (tertiary/aromatic N) is 2. The number of hydrogen-bond acceptors (Lipinski definition) is 6. The lowest BCUT2D eigenvalue weighted by atomic mass is 9.97. The van der Waals surface area contributed by atoms with E-state index in [-0.39, 0.29) is 5.91 Å². The average Bonchev–Trinajstić information content (AvgIpc) is 2.94. The van der Waals surface area contributed by atoms with Crippen molar-refractivity contribution in [1.29, 1.82) is 0 Å². The zero-order valence-electron chi connectivity index (χ0n) is 20.8. The Bertz CT molecular complexity index is 1450. The van der Waals surface area contributed by atoms with E-state index in [1.165, 1.54) is 5.56 Å². The number of aromatic nitrogens is 1. The average molecular weight is 485 g/mol. The number of benzene rings is 3. The molecule has 5 rings (SSSR count). The van der Waals surface area contributed by atoms with Gasteiger partial charge < -0.3 is 23.8 Å². The molecule has 0 bridgehead atoms. The molecule has 1 aliphatic rings. The smallest absolute Gasteiger partial charge is 0.254 e. The van der Waals surface area contributed by atoms with Gasteiger partial charge in [0.05, 0.1) is 45.2 Å². The second kappa shape index (κ2) is 9.77. The maximum absolute atomic E-state index is 13.9. The van der Waals surface area contributed by atoms with Crippen LogP contribution in [0.15, 0.2) is 60.7 Å². The highest BCUT2D eigenvalue weighted by atomic mass is 16.5. The molecule has 0 aliphatic carbocycles. The predicted molar refractivity (Wildman–Crippen MR) is 138 cm³/mol. The SMILES string of the molecule is COc1ccc(-c2cc(C(=O)N3CCc4cc(OC)c(OC)cc4C3)c3ccccc3n2)cc1OC. The lowest BCUT2D eigenvalue weighted by Crippen LogP contribution is -2.36. The normalized spacial score (nSPS) is 12.7. The van der Waals surface area contributed by atoms with Crippen molar-refractivity contribution in [2.45, 2.75) is 13.0 Å². The molecule has 36 heavy (non-hydrogen) atoms. The Balaban J connectivity index is 1.55. The number of carbonyl (C=O) groups excluding carboxylic acids is 1. The lowest BCUT2D eigenvalue weighted by Gasteiger charge is -2.30. The lowest BCUT2D eigenvalue weighted by molar-refractivity contribution is 0.0736. The molecule has 7 heteroatoms. The third-order valence-corrected chi connectivity index (χ3v) is 6.63. The van der Waals surface area contributed by atoms with E-state index < -0.39 is 0 Å². The Morgan fingerprint density at radius 2 is 1.44 bits per heavy atom. The summed E-state index contributed by atoms with van der Waals surface area (Å²) < 4.78 is 21.8. The van der Waals surface area contributed by atoms with Crippen molar-refractivity contribution < 1.29 is 23.7 Å². The van der Waals surface area contributed by atoms with Gasteiger partial charge in [-0.25, -0.2) is 4.98 Å². The predicted octanol–water partition coefficient (Wildman–Crippen LogP) is 5.13. The topological polar surface area (TPSA) is 70.1 Å². The minimum absolute atomic E-state index is 0.0317. The van der Waals surface area contributed by atoms with Gasteiger partial charge in [-0.15, -0.1) is 0 Å². The first-order chi connectivity index (χ1) is 17.6. The summed E-state index contributed by atoms with van der Waals surface area (Å²) in [6.07, 6.45) is 0.743. The molecule has 4 aromatic rings. The minimum atomic E-state index is -0.0317. The van der Waals surface area contributed by atoms with E-state index in [0.717, 1.165) is 28.5 Å². The van der Waals surface area contributed by atoms with E-state index in [9.17, 15) is 4.79 Å². The molecule has 0 fully saturated rings. The highest BCUT2D eigenvalue weighted by Gasteiger charge is 2.26. The van der Waals surface area contributed by atoms with E-state index in [2.05, 4.69) is 0 Å². The minimum Gasteiger partial charge on any atom is -0.493 e. The van der Waals surface area contributed by atoms with Gasteiger partial charge in [0, 0.05) is 24.0 Å². The van der Waals surface area contributed by atoms with Crippen LogP contribution in [0, 0.1) is 0 Å². The fourth-order valence-corrected chi connectivity index (χ4v) is 4.72. The van der Waals surface area contributed by atoms with Crippen molar-refractivity contribution in [2.24, 2.45) is 0 Å². The van der Waals surface area contributed by atoms with Crippen molar-refractivity contribution in [3.05, 3.63) is 77.4 Å². The number of rotatable bonds is 6. The van der Waals surface area contributed by atoms with Crippen LogP contribution in [0.2, 0.25) is 0 Å². The summed E-state index contributed by atoms with van der Waals surface area (Å²) in [7, 11) is 6.45. The number of fused-ring (bicyclic) bond motifs is 2. The molecule has 3 aromatic carbocycles. The molecule has 1 aromatic heterocycles. The van der Waals surface area contributed by atoms with Gasteiger partial charge in [-0.1, -0.05) is 18.2 Å². The fraction of sp³-hybridized carbons (Fsp3) is 0.241. The van der Waals surface area contributed by atoms with Crippen LogP contribution in [-0.2, 0) is 13.0 Å². The van der Waals surface area contributed by atoms with Crippen LogP contribution in [0.5, 0.6) is 23.0 Å². The van der Waals surface area contributed by atoms with Gasteiger partial charge in [-0.05, 0) is 60.0 Å². The highest BCUT2D eigenvalue weighted by molar-refractivity contribution is 6.07. The largest absolute Gasteiger partial charge is 0.493 e. The van der Waals surface area contributed by atoms with Crippen LogP contribution in [0.3, 0.4) is 0 Å². The van der Waals surface area contributed by atoms with E-state index in [0.29, 0.717) is 47.3 Å². The zero-order chi connectivity index (χ0) is 25.2. The fourth-order valence-electron chi connectivity index (χ4n) is 4.72. The second-order valence-electron chi connectivity index (χ2n) is 8.59. The van der Waals surface area contributed by atoms with Gasteiger partial charge in [-0.3, -0.25) is 4.79 Å². The molecule has 1 aliphatic heterocycles. The number of amides is 1. The summed E-state index contributed by atoms with van der Waals surface area (Å²) in [5, 5.41) is 0.824. The van der Waals surface area contributed by atoms with Crippen molar-refractivity contribution in [3.8, 4) is 34.3 Å². The molecule has 1 amide bonds. The van der Waals surface area contributed by atoms with Crippen LogP contribution >= 0.6 is 0 Å². The molecule has 0 saturated heterocycles. The first-order valence-corrected chi connectivity index (χ1v) is 11.7. The molecule has 2 heterocycles. The van der Waals surface area contributed by atoms with Gasteiger partial charge in [0.15, 0.2) is 23.0 Å². The standard InChI is InChI=1S/C29H28N2O5/c1-33-25-10-9-19(14-26(25)34-2)24-16-22(21-7-5-6-8-23(21)30-24)29(32)31-12-11-18-13-27(35-3)28(36-4)15-20(18)17-31/h5-10,13-16H,11-12,17H2,1-4H3. The second-order valence-corrected chi connectivity index (χ2v) is 8.59. The molecular formula is C29H28N2O5. The number of hydrogen-bond donors (Lipinski definition) is 0. The Hall–Kier alpha value is -4.26. The monoisotopic (exact) mass is 484 g/mol. The molecule has 0 radical (unpaired) electrons. The van der Waals surface area contributed by atoms with Gasteiger partial charge >= 0.3 is 0 Å². The summed E-state index contributed by atoms with van der Waals surface area (Å²) >= 11 is 0. The van der Waals surface area contributed by atoms with E-state index in [4.69, 9.17) is 23.9 Å². The molecule has 7 nitrogen and oxygen atoms in total. The Labute approximate surface area is 210 Å². The molecule has 0 N–H and O–H groups in total. The van der Waals surface area contributed by atoms with Gasteiger partial charge in [0.25, 0.3) is 5.91 Å². The molecule has 0 unspecified atom stereocenters. The molecular weight excluding hydrogens is 456 g/mol. The molecule has 0 saturated carbocycles.